The van der Waals surface area contributed by atoms with Crippen LogP contribution in [0.2, 0.25) is 0 Å². The maximum atomic E-state index is 11.0. The van der Waals surface area contributed by atoms with Crippen LogP contribution in [0.5, 0.6) is 0 Å². The molecule has 82 valence electrons. The molecule has 0 bridgehead atoms. The first-order chi connectivity index (χ1) is 7.02. The molecule has 0 saturated carbocycles. The first-order valence-corrected chi connectivity index (χ1v) is 6.11. The van der Waals surface area contributed by atoms with Gasteiger partial charge in [-0.1, -0.05) is 15.9 Å². The molecule has 1 aromatic rings. The van der Waals surface area contributed by atoms with Crippen molar-refractivity contribution in [3.63, 3.8) is 0 Å². The van der Waals surface area contributed by atoms with Crippen molar-refractivity contribution in [2.75, 3.05) is 7.11 Å². The van der Waals surface area contributed by atoms with E-state index in [0.717, 1.165) is 13.6 Å². The Hall–Kier alpha value is -0.140. The smallest absolute Gasteiger partial charge is 0.335 e. The number of halogens is 2. The second kappa shape index (κ2) is 5.81. The van der Waals surface area contributed by atoms with Gasteiger partial charge in [0.1, 0.15) is 0 Å². The minimum absolute atomic E-state index is 0.266. The normalized spacial score (nSPS) is 12.3. The Morgan fingerprint density at radius 1 is 1.60 bits per heavy atom. The van der Waals surface area contributed by atoms with E-state index in [9.17, 15) is 9.90 Å². The van der Waals surface area contributed by atoms with E-state index in [2.05, 4.69) is 43.3 Å². The number of ether oxygens (including phenoxy) is 1. The minimum atomic E-state index is -1.10. The number of carbonyl (C=O) groups excluding carboxylic acids is 1. The van der Waals surface area contributed by atoms with E-state index in [0.29, 0.717) is 0 Å². The summed E-state index contributed by atoms with van der Waals surface area (Å²) in [7, 11) is 1.26. The van der Waals surface area contributed by atoms with Gasteiger partial charge < -0.3 is 9.84 Å². The van der Waals surface area contributed by atoms with Crippen LogP contribution in [0, 0.1) is 3.57 Å². The molecule has 0 saturated heterocycles. The van der Waals surface area contributed by atoms with Crippen molar-refractivity contribution in [1.29, 1.82) is 0 Å². The van der Waals surface area contributed by atoms with Crippen molar-refractivity contribution in [2.24, 2.45) is 0 Å². The van der Waals surface area contributed by atoms with Crippen LogP contribution in [-0.4, -0.2) is 24.3 Å². The van der Waals surface area contributed by atoms with Crippen molar-refractivity contribution in [3.05, 3.63) is 31.8 Å². The fraction of sp³-hybridized carbons (Fsp3) is 0.300. The molecule has 15 heavy (non-hydrogen) atoms. The molecule has 0 aliphatic heterocycles. The lowest BCUT2D eigenvalue weighted by Crippen LogP contribution is -2.24. The average Bonchev–Trinajstić information content (AvgIpc) is 2.14. The van der Waals surface area contributed by atoms with Crippen molar-refractivity contribution in [2.45, 2.75) is 12.5 Å². The lowest BCUT2D eigenvalue weighted by molar-refractivity contribution is -0.150. The van der Waals surface area contributed by atoms with Crippen LogP contribution in [-0.2, 0) is 16.0 Å². The van der Waals surface area contributed by atoms with Gasteiger partial charge in [-0.2, -0.15) is 0 Å². The summed E-state index contributed by atoms with van der Waals surface area (Å²) in [6.07, 6.45) is -0.831. The van der Waals surface area contributed by atoms with Crippen molar-refractivity contribution in [3.8, 4) is 0 Å². The van der Waals surface area contributed by atoms with Crippen LogP contribution in [0.3, 0.4) is 0 Å². The number of hydrogen-bond acceptors (Lipinski definition) is 3. The molecule has 0 aliphatic carbocycles. The third-order valence-corrected chi connectivity index (χ3v) is 2.91. The van der Waals surface area contributed by atoms with Gasteiger partial charge in [-0.25, -0.2) is 4.79 Å². The fourth-order valence-electron chi connectivity index (χ4n) is 1.17. The molecule has 0 spiro atoms. The molecule has 1 rings (SSSR count). The SMILES string of the molecule is COC(=O)C(O)Cc1cc(Br)cc(I)c1. The summed E-state index contributed by atoms with van der Waals surface area (Å²) in [5.41, 5.74) is 0.895. The summed E-state index contributed by atoms with van der Waals surface area (Å²) in [5.74, 6) is -0.606. The molecule has 0 fully saturated rings. The summed E-state index contributed by atoms with van der Waals surface area (Å²) in [5, 5.41) is 9.46. The second-order valence-electron chi connectivity index (χ2n) is 3.02. The Morgan fingerprint density at radius 3 is 2.80 bits per heavy atom. The van der Waals surface area contributed by atoms with Gasteiger partial charge in [0.15, 0.2) is 6.10 Å². The first kappa shape index (κ1) is 12.9. The van der Waals surface area contributed by atoms with Gasteiger partial charge in [0.05, 0.1) is 7.11 Å². The monoisotopic (exact) mass is 384 g/mol. The molecule has 0 heterocycles. The molecular formula is C10H10BrIO3. The summed E-state index contributed by atoms with van der Waals surface area (Å²) < 4.78 is 6.42. The standard InChI is InChI=1S/C10H10BrIO3/c1-15-10(14)9(13)4-6-2-7(11)5-8(12)3-6/h2-3,5,9,13H,4H2,1H3. The van der Waals surface area contributed by atoms with E-state index in [1.54, 1.807) is 0 Å². The zero-order valence-corrected chi connectivity index (χ0v) is 11.8. The summed E-state index contributed by atoms with van der Waals surface area (Å²) in [6.45, 7) is 0. The van der Waals surface area contributed by atoms with E-state index in [1.807, 2.05) is 18.2 Å². The minimum Gasteiger partial charge on any atom is -0.467 e. The van der Waals surface area contributed by atoms with Gasteiger partial charge in [0.25, 0.3) is 0 Å². The molecular weight excluding hydrogens is 375 g/mol. The van der Waals surface area contributed by atoms with E-state index in [-0.39, 0.29) is 6.42 Å². The molecule has 5 heteroatoms. The number of esters is 1. The highest BCUT2D eigenvalue weighted by Crippen LogP contribution is 2.18. The predicted molar refractivity (Wildman–Crippen MR) is 68.6 cm³/mol. The molecule has 1 aromatic carbocycles. The van der Waals surface area contributed by atoms with Gasteiger partial charge in [0, 0.05) is 14.5 Å². The van der Waals surface area contributed by atoms with E-state index in [4.69, 9.17) is 0 Å². The second-order valence-corrected chi connectivity index (χ2v) is 5.18. The highest BCUT2D eigenvalue weighted by atomic mass is 127. The van der Waals surface area contributed by atoms with E-state index >= 15 is 0 Å². The highest BCUT2D eigenvalue weighted by molar-refractivity contribution is 14.1. The number of benzene rings is 1. The predicted octanol–water partition coefficient (Wildman–Crippen LogP) is 2.13. The number of aliphatic hydroxyl groups excluding tert-OH is 1. The van der Waals surface area contributed by atoms with E-state index < -0.39 is 12.1 Å². The quantitative estimate of drug-likeness (QED) is 0.641. The Balaban J connectivity index is 2.76. The summed E-state index contributed by atoms with van der Waals surface area (Å²) >= 11 is 5.53. The number of rotatable bonds is 3. The molecule has 1 unspecified atom stereocenters. The molecule has 0 aliphatic rings. The third kappa shape index (κ3) is 4.08. The lowest BCUT2D eigenvalue weighted by atomic mass is 10.1. The number of aliphatic hydroxyl groups is 1. The molecule has 3 nitrogen and oxygen atoms in total. The topological polar surface area (TPSA) is 46.5 Å². The van der Waals surface area contributed by atoms with Crippen LogP contribution in [0.25, 0.3) is 0 Å². The van der Waals surface area contributed by atoms with Gasteiger partial charge in [0.2, 0.25) is 0 Å². The van der Waals surface area contributed by atoms with Crippen molar-refractivity contribution < 1.29 is 14.6 Å². The van der Waals surface area contributed by atoms with Crippen LogP contribution in [0.4, 0.5) is 0 Å². The maximum absolute atomic E-state index is 11.0. The van der Waals surface area contributed by atoms with Crippen molar-refractivity contribution in [1.82, 2.24) is 0 Å². The summed E-state index contributed by atoms with van der Waals surface area (Å²) in [6, 6.07) is 5.74. The highest BCUT2D eigenvalue weighted by Gasteiger charge is 2.16. The molecule has 0 amide bonds. The molecule has 0 radical (unpaired) electrons. The third-order valence-electron chi connectivity index (χ3n) is 1.82. The average molecular weight is 385 g/mol. The van der Waals surface area contributed by atoms with E-state index in [1.165, 1.54) is 7.11 Å². The summed E-state index contributed by atoms with van der Waals surface area (Å²) in [4.78, 5) is 11.0. The number of methoxy groups -OCH3 is 1. The molecule has 1 N–H and O–H groups in total. The van der Waals surface area contributed by atoms with Crippen LogP contribution >= 0.6 is 38.5 Å². The van der Waals surface area contributed by atoms with Gasteiger partial charge >= 0.3 is 5.97 Å². The Labute approximate surface area is 110 Å². The maximum Gasteiger partial charge on any atom is 0.335 e. The van der Waals surface area contributed by atoms with Gasteiger partial charge in [-0.3, -0.25) is 0 Å². The Kier molecular flexibility index (Phi) is 5.01. The Bertz CT molecular complexity index is 347. The van der Waals surface area contributed by atoms with Gasteiger partial charge in [-0.15, -0.1) is 0 Å². The molecule has 0 aromatic heterocycles. The van der Waals surface area contributed by atoms with Gasteiger partial charge in [-0.05, 0) is 46.4 Å². The Morgan fingerprint density at radius 2 is 2.27 bits per heavy atom. The van der Waals surface area contributed by atoms with Crippen molar-refractivity contribution >= 4 is 44.5 Å². The molecule has 1 atom stereocenters. The lowest BCUT2D eigenvalue weighted by Gasteiger charge is -2.08. The van der Waals surface area contributed by atoms with Crippen LogP contribution in [0.1, 0.15) is 5.56 Å². The largest absolute Gasteiger partial charge is 0.467 e. The zero-order chi connectivity index (χ0) is 11.4. The number of carbonyl (C=O) groups is 1. The first-order valence-electron chi connectivity index (χ1n) is 4.24. The van der Waals surface area contributed by atoms with Crippen LogP contribution < -0.4 is 0 Å². The number of hydrogen-bond donors (Lipinski definition) is 1. The zero-order valence-electron chi connectivity index (χ0n) is 8.04. The fourth-order valence-corrected chi connectivity index (χ4v) is 2.88. The van der Waals surface area contributed by atoms with Crippen LogP contribution in [0.15, 0.2) is 22.7 Å².